The number of amides is 1. The molecule has 1 aromatic rings. The zero-order chi connectivity index (χ0) is 16.5. The van der Waals surface area contributed by atoms with Gasteiger partial charge in [0, 0.05) is 17.9 Å². The van der Waals surface area contributed by atoms with E-state index in [-0.39, 0.29) is 23.0 Å². The van der Waals surface area contributed by atoms with Crippen LogP contribution >= 0.6 is 0 Å². The molecule has 1 amide bonds. The van der Waals surface area contributed by atoms with E-state index in [1.54, 1.807) is 6.92 Å². The maximum absolute atomic E-state index is 12.3. The first-order valence-corrected chi connectivity index (χ1v) is 7.78. The van der Waals surface area contributed by atoms with Crippen molar-refractivity contribution in [2.45, 2.75) is 58.5 Å². The third kappa shape index (κ3) is 3.55. The number of nitrogens with zero attached hydrogens (tertiary/aromatic N) is 1. The van der Waals surface area contributed by atoms with E-state index in [9.17, 15) is 14.7 Å². The average molecular weight is 307 g/mol. The summed E-state index contributed by atoms with van der Waals surface area (Å²) in [5.74, 6) is 0.216. The number of carbonyl (C=O) groups is 1. The summed E-state index contributed by atoms with van der Waals surface area (Å²) < 4.78 is 0. The largest absolute Gasteiger partial charge is 0.393 e. The Balaban J connectivity index is 2.14. The fourth-order valence-corrected chi connectivity index (χ4v) is 2.78. The van der Waals surface area contributed by atoms with Crippen LogP contribution in [0.1, 0.15) is 61.9 Å². The molecule has 0 aliphatic heterocycles. The third-order valence-corrected chi connectivity index (χ3v) is 4.18. The topological polar surface area (TPSA) is 95.1 Å². The van der Waals surface area contributed by atoms with Crippen LogP contribution < -0.4 is 10.9 Å². The van der Waals surface area contributed by atoms with Gasteiger partial charge in [-0.05, 0) is 19.8 Å². The number of carbonyl (C=O) groups excluding carboxylic acids is 1. The van der Waals surface area contributed by atoms with Crippen LogP contribution in [0.4, 0.5) is 0 Å². The standard InChI is InChI=1S/C16H25N3O3/c1-9-12(14(22)19-15(18-9)16(2,3)4)13(21)17-8-10-6-5-7-11(10)20/h10-11,20H,5-8H2,1-4H3,(H,17,21)(H,18,19,22). The fraction of sp³-hybridized carbons (Fsp3) is 0.688. The molecule has 3 N–H and O–H groups in total. The van der Waals surface area contributed by atoms with E-state index in [0.29, 0.717) is 18.1 Å². The van der Waals surface area contributed by atoms with Crippen LogP contribution in [0.25, 0.3) is 0 Å². The summed E-state index contributed by atoms with van der Waals surface area (Å²) >= 11 is 0. The van der Waals surface area contributed by atoms with Gasteiger partial charge >= 0.3 is 0 Å². The highest BCUT2D eigenvalue weighted by Crippen LogP contribution is 2.24. The van der Waals surface area contributed by atoms with Gasteiger partial charge in [-0.15, -0.1) is 0 Å². The van der Waals surface area contributed by atoms with E-state index >= 15 is 0 Å². The van der Waals surface area contributed by atoms with Crippen molar-refractivity contribution in [3.05, 3.63) is 27.4 Å². The first-order chi connectivity index (χ1) is 10.2. The van der Waals surface area contributed by atoms with Crippen LogP contribution in [0, 0.1) is 12.8 Å². The number of H-pyrrole nitrogens is 1. The Hall–Kier alpha value is -1.69. The monoisotopic (exact) mass is 307 g/mol. The smallest absolute Gasteiger partial charge is 0.264 e. The summed E-state index contributed by atoms with van der Waals surface area (Å²) in [6.07, 6.45) is 2.30. The fourth-order valence-electron chi connectivity index (χ4n) is 2.78. The minimum atomic E-state index is -0.425. The summed E-state index contributed by atoms with van der Waals surface area (Å²) in [6, 6.07) is 0. The Bertz CT molecular complexity index is 616. The third-order valence-electron chi connectivity index (χ3n) is 4.18. The van der Waals surface area contributed by atoms with Crippen molar-refractivity contribution >= 4 is 5.91 Å². The number of hydrogen-bond donors (Lipinski definition) is 3. The second-order valence-corrected chi connectivity index (χ2v) is 7.09. The molecule has 0 aromatic carbocycles. The molecule has 1 aliphatic rings. The Morgan fingerprint density at radius 1 is 1.41 bits per heavy atom. The van der Waals surface area contributed by atoms with Gasteiger partial charge in [-0.2, -0.15) is 0 Å². The van der Waals surface area contributed by atoms with Crippen molar-refractivity contribution in [1.82, 2.24) is 15.3 Å². The molecule has 0 spiro atoms. The van der Waals surface area contributed by atoms with E-state index in [2.05, 4.69) is 15.3 Å². The molecule has 0 saturated heterocycles. The van der Waals surface area contributed by atoms with Crippen molar-refractivity contribution in [2.75, 3.05) is 6.54 Å². The second-order valence-electron chi connectivity index (χ2n) is 7.09. The molecule has 1 saturated carbocycles. The number of aliphatic hydroxyl groups excluding tert-OH is 1. The molecule has 22 heavy (non-hydrogen) atoms. The summed E-state index contributed by atoms with van der Waals surface area (Å²) in [4.78, 5) is 31.5. The first kappa shape index (κ1) is 16.7. The molecule has 1 heterocycles. The van der Waals surface area contributed by atoms with Gasteiger partial charge in [0.05, 0.1) is 11.8 Å². The zero-order valence-corrected chi connectivity index (χ0v) is 13.7. The molecule has 0 radical (unpaired) electrons. The highest BCUT2D eigenvalue weighted by molar-refractivity contribution is 5.94. The molecule has 1 aliphatic carbocycles. The average Bonchev–Trinajstić information content (AvgIpc) is 2.80. The van der Waals surface area contributed by atoms with Gasteiger partial charge < -0.3 is 15.4 Å². The highest BCUT2D eigenvalue weighted by Gasteiger charge is 2.27. The number of aliphatic hydroxyl groups is 1. The molecule has 2 rings (SSSR count). The summed E-state index contributed by atoms with van der Waals surface area (Å²) in [5, 5.41) is 12.5. The van der Waals surface area contributed by atoms with E-state index in [0.717, 1.165) is 19.3 Å². The van der Waals surface area contributed by atoms with Crippen LogP contribution in [0.15, 0.2) is 4.79 Å². The quantitative estimate of drug-likeness (QED) is 0.783. The van der Waals surface area contributed by atoms with E-state index in [1.807, 2.05) is 20.8 Å². The molecule has 2 atom stereocenters. The number of hydrogen-bond acceptors (Lipinski definition) is 4. The number of rotatable bonds is 3. The molecule has 1 aromatic heterocycles. The lowest BCUT2D eigenvalue weighted by Crippen LogP contribution is -2.37. The zero-order valence-electron chi connectivity index (χ0n) is 13.7. The molecule has 6 heteroatoms. The van der Waals surface area contributed by atoms with Gasteiger partial charge in [0.15, 0.2) is 0 Å². The van der Waals surface area contributed by atoms with Gasteiger partial charge in [-0.1, -0.05) is 27.2 Å². The summed E-state index contributed by atoms with van der Waals surface area (Å²) in [6.45, 7) is 7.91. The van der Waals surface area contributed by atoms with Crippen molar-refractivity contribution in [1.29, 1.82) is 0 Å². The van der Waals surface area contributed by atoms with Crippen LogP contribution in [-0.2, 0) is 5.41 Å². The number of nitrogens with one attached hydrogen (secondary N) is 2. The van der Waals surface area contributed by atoms with Gasteiger partial charge in [-0.3, -0.25) is 9.59 Å². The SMILES string of the molecule is Cc1nc(C(C)(C)C)[nH]c(=O)c1C(=O)NCC1CCCC1O. The Kier molecular flexibility index (Phi) is 4.70. The normalized spacial score (nSPS) is 21.9. The van der Waals surface area contributed by atoms with E-state index in [4.69, 9.17) is 0 Å². The molecular weight excluding hydrogens is 282 g/mol. The van der Waals surface area contributed by atoms with E-state index in [1.165, 1.54) is 0 Å². The minimum Gasteiger partial charge on any atom is -0.393 e. The molecule has 1 fully saturated rings. The lowest BCUT2D eigenvalue weighted by molar-refractivity contribution is 0.0914. The number of aromatic nitrogens is 2. The van der Waals surface area contributed by atoms with Crippen molar-refractivity contribution in [2.24, 2.45) is 5.92 Å². The van der Waals surface area contributed by atoms with Crippen molar-refractivity contribution in [3.63, 3.8) is 0 Å². The Morgan fingerprint density at radius 2 is 2.09 bits per heavy atom. The van der Waals surface area contributed by atoms with Gasteiger partial charge in [0.2, 0.25) is 0 Å². The predicted molar refractivity (Wildman–Crippen MR) is 84.0 cm³/mol. The molecular formula is C16H25N3O3. The Morgan fingerprint density at radius 3 is 2.59 bits per heavy atom. The highest BCUT2D eigenvalue weighted by atomic mass is 16.3. The minimum absolute atomic E-state index is 0.0560. The van der Waals surface area contributed by atoms with Crippen molar-refractivity contribution in [3.8, 4) is 0 Å². The van der Waals surface area contributed by atoms with Gasteiger partial charge in [0.1, 0.15) is 11.4 Å². The van der Waals surface area contributed by atoms with E-state index < -0.39 is 11.5 Å². The molecule has 2 unspecified atom stereocenters. The summed E-state index contributed by atoms with van der Waals surface area (Å²) in [7, 11) is 0. The maximum atomic E-state index is 12.3. The van der Waals surface area contributed by atoms with Gasteiger partial charge in [-0.25, -0.2) is 4.98 Å². The number of aryl methyl sites for hydroxylation is 1. The lowest BCUT2D eigenvalue weighted by Gasteiger charge is -2.19. The lowest BCUT2D eigenvalue weighted by atomic mass is 9.95. The summed E-state index contributed by atoms with van der Waals surface area (Å²) in [5.41, 5.74) is -0.215. The molecule has 122 valence electrons. The maximum Gasteiger partial charge on any atom is 0.264 e. The van der Waals surface area contributed by atoms with Crippen LogP contribution in [0.2, 0.25) is 0 Å². The molecule has 6 nitrogen and oxygen atoms in total. The predicted octanol–water partition coefficient (Wildman–Crippen LogP) is 1.27. The van der Waals surface area contributed by atoms with Crippen LogP contribution in [0.5, 0.6) is 0 Å². The first-order valence-electron chi connectivity index (χ1n) is 7.78. The molecule has 0 bridgehead atoms. The van der Waals surface area contributed by atoms with Crippen LogP contribution in [0.3, 0.4) is 0 Å². The van der Waals surface area contributed by atoms with Gasteiger partial charge in [0.25, 0.3) is 11.5 Å². The number of aromatic amines is 1. The second kappa shape index (κ2) is 6.20. The van der Waals surface area contributed by atoms with Crippen LogP contribution in [-0.4, -0.2) is 33.6 Å². The Labute approximate surface area is 130 Å². The van der Waals surface area contributed by atoms with Crippen molar-refractivity contribution < 1.29 is 9.90 Å².